The van der Waals surface area contributed by atoms with Gasteiger partial charge < -0.3 is 9.73 Å². The number of halogens is 3. The Morgan fingerprint density at radius 3 is 2.54 bits per heavy atom. The van der Waals surface area contributed by atoms with Gasteiger partial charge in [-0.15, -0.1) is 0 Å². The summed E-state index contributed by atoms with van der Waals surface area (Å²) in [4.78, 5) is 21.5. The third kappa shape index (κ3) is 5.07. The van der Waals surface area contributed by atoms with E-state index in [2.05, 4.69) is 10.3 Å². The molecule has 0 atom stereocenters. The number of nitrogens with one attached hydrogen (secondary N) is 1. The molecule has 0 aliphatic heterocycles. The van der Waals surface area contributed by atoms with Gasteiger partial charge in [0.15, 0.2) is 0 Å². The number of imidazole rings is 1. The van der Waals surface area contributed by atoms with E-state index in [-0.39, 0.29) is 25.3 Å². The van der Waals surface area contributed by atoms with Gasteiger partial charge in [-0.1, -0.05) is 35.9 Å². The smallest absolute Gasteiger partial charge is 0.308 e. The quantitative estimate of drug-likeness (QED) is 0.309. The van der Waals surface area contributed by atoms with E-state index in [4.69, 9.17) is 21.0 Å². The molecule has 3 aromatic carbocycles. The number of benzene rings is 3. The molecule has 9 heteroatoms. The zero-order valence-electron chi connectivity index (χ0n) is 18.3. The number of nitrogens with zero attached hydrogens (tertiary/aromatic N) is 3. The Morgan fingerprint density at radius 1 is 1.03 bits per heavy atom. The van der Waals surface area contributed by atoms with Crippen LogP contribution < -0.4 is 5.32 Å². The molecule has 176 valence electrons. The highest BCUT2D eigenvalue weighted by Gasteiger charge is 2.19. The second-order valence-electron chi connectivity index (χ2n) is 7.93. The van der Waals surface area contributed by atoms with Gasteiger partial charge in [-0.3, -0.25) is 9.36 Å². The van der Waals surface area contributed by atoms with Gasteiger partial charge in [0.1, 0.15) is 29.4 Å². The van der Waals surface area contributed by atoms with E-state index < -0.39 is 11.6 Å². The van der Waals surface area contributed by atoms with Crippen molar-refractivity contribution in [3.05, 3.63) is 101 Å². The second kappa shape index (κ2) is 9.68. The van der Waals surface area contributed by atoms with Gasteiger partial charge in [0.2, 0.25) is 5.91 Å². The van der Waals surface area contributed by atoms with Gasteiger partial charge in [-0.25, -0.2) is 13.8 Å². The van der Waals surface area contributed by atoms with Crippen LogP contribution in [-0.2, 0) is 17.8 Å². The van der Waals surface area contributed by atoms with Gasteiger partial charge in [0.05, 0.1) is 11.0 Å². The largest absolute Gasteiger partial charge is 0.427 e. The SMILES string of the molecule is O=C(CCc1oc(-n2cnc3ccccc32)nc1-c1ccc(Cl)cc1)NCc1cc(F)cc(F)c1. The molecule has 0 aliphatic rings. The number of aromatic nitrogens is 3. The number of fused-ring (bicyclic) bond motifs is 1. The van der Waals surface area contributed by atoms with Crippen molar-refractivity contribution in [1.29, 1.82) is 0 Å². The van der Waals surface area contributed by atoms with Crippen LogP contribution in [0.2, 0.25) is 5.02 Å². The zero-order chi connectivity index (χ0) is 24.4. The van der Waals surface area contributed by atoms with E-state index in [1.807, 2.05) is 36.4 Å². The minimum Gasteiger partial charge on any atom is -0.427 e. The molecule has 0 unspecified atom stereocenters. The first-order chi connectivity index (χ1) is 17.0. The molecule has 0 saturated heterocycles. The molecule has 0 bridgehead atoms. The lowest BCUT2D eigenvalue weighted by molar-refractivity contribution is -0.121. The van der Waals surface area contributed by atoms with Crippen molar-refractivity contribution < 1.29 is 18.0 Å². The predicted octanol–water partition coefficient (Wildman–Crippen LogP) is 5.86. The summed E-state index contributed by atoms with van der Waals surface area (Å²) in [6, 6.07) is 18.3. The minimum atomic E-state index is -0.692. The summed E-state index contributed by atoms with van der Waals surface area (Å²) in [7, 11) is 0. The molecule has 0 radical (unpaired) electrons. The highest BCUT2D eigenvalue weighted by atomic mass is 35.5. The molecule has 2 aromatic heterocycles. The summed E-state index contributed by atoms with van der Waals surface area (Å²) in [5.41, 5.74) is 3.36. The number of carbonyl (C=O) groups excluding carboxylic acids is 1. The Labute approximate surface area is 204 Å². The van der Waals surface area contributed by atoms with Crippen LogP contribution in [0.5, 0.6) is 0 Å². The Balaban J connectivity index is 1.38. The van der Waals surface area contributed by atoms with E-state index in [0.717, 1.165) is 22.7 Å². The molecule has 1 amide bonds. The highest BCUT2D eigenvalue weighted by molar-refractivity contribution is 6.30. The number of carbonyl (C=O) groups is 1. The van der Waals surface area contributed by atoms with Crippen LogP contribution in [0.3, 0.4) is 0 Å². The van der Waals surface area contributed by atoms with Crippen LogP contribution >= 0.6 is 11.6 Å². The van der Waals surface area contributed by atoms with E-state index >= 15 is 0 Å². The average Bonchev–Trinajstić information content (AvgIpc) is 3.45. The van der Waals surface area contributed by atoms with E-state index in [9.17, 15) is 13.6 Å². The van der Waals surface area contributed by atoms with Crippen LogP contribution in [0.4, 0.5) is 8.78 Å². The monoisotopic (exact) mass is 492 g/mol. The van der Waals surface area contributed by atoms with Crippen molar-refractivity contribution in [2.75, 3.05) is 0 Å². The van der Waals surface area contributed by atoms with Gasteiger partial charge >= 0.3 is 6.01 Å². The van der Waals surface area contributed by atoms with Crippen LogP contribution in [0, 0.1) is 11.6 Å². The summed E-state index contributed by atoms with van der Waals surface area (Å²) in [6.07, 6.45) is 2.00. The molecule has 1 N–H and O–H groups in total. The molecular formula is C26H19ClF2N4O2. The van der Waals surface area contributed by atoms with Gasteiger partial charge in [0, 0.05) is 36.0 Å². The number of para-hydroxylation sites is 2. The van der Waals surface area contributed by atoms with Crippen LogP contribution in [-0.4, -0.2) is 20.4 Å². The lowest BCUT2D eigenvalue weighted by atomic mass is 10.1. The van der Waals surface area contributed by atoms with Crippen LogP contribution in [0.1, 0.15) is 17.7 Å². The Bertz CT molecular complexity index is 1490. The second-order valence-corrected chi connectivity index (χ2v) is 8.37. The first kappa shape index (κ1) is 22.7. The Kier molecular flexibility index (Phi) is 6.29. The summed E-state index contributed by atoms with van der Waals surface area (Å²) in [5, 5.41) is 3.27. The molecule has 5 rings (SSSR count). The van der Waals surface area contributed by atoms with E-state index in [1.54, 1.807) is 23.0 Å². The van der Waals surface area contributed by atoms with Crippen molar-refractivity contribution in [2.45, 2.75) is 19.4 Å². The van der Waals surface area contributed by atoms with Crippen molar-refractivity contribution in [3.8, 4) is 17.3 Å². The molecular weight excluding hydrogens is 474 g/mol. The Morgan fingerprint density at radius 2 is 1.77 bits per heavy atom. The third-order valence-corrected chi connectivity index (χ3v) is 5.71. The molecule has 6 nitrogen and oxygen atoms in total. The first-order valence-electron chi connectivity index (χ1n) is 10.9. The molecule has 2 heterocycles. The summed E-state index contributed by atoms with van der Waals surface area (Å²) < 4.78 is 34.6. The van der Waals surface area contributed by atoms with E-state index in [0.29, 0.717) is 28.1 Å². The molecule has 0 saturated carbocycles. The fourth-order valence-corrected chi connectivity index (χ4v) is 3.91. The fraction of sp³-hybridized carbons (Fsp3) is 0.115. The third-order valence-electron chi connectivity index (χ3n) is 5.45. The molecule has 0 aliphatic carbocycles. The first-order valence-corrected chi connectivity index (χ1v) is 11.2. The normalized spacial score (nSPS) is 11.2. The topological polar surface area (TPSA) is 73.0 Å². The van der Waals surface area contributed by atoms with Gasteiger partial charge in [-0.05, 0) is 42.0 Å². The van der Waals surface area contributed by atoms with Crippen molar-refractivity contribution >= 4 is 28.5 Å². The summed E-state index contributed by atoms with van der Waals surface area (Å²) >= 11 is 6.04. The van der Waals surface area contributed by atoms with Crippen LogP contribution in [0.25, 0.3) is 28.3 Å². The van der Waals surface area contributed by atoms with Crippen LogP contribution in [0.15, 0.2) is 77.5 Å². The Hall–Kier alpha value is -4.04. The summed E-state index contributed by atoms with van der Waals surface area (Å²) in [6.45, 7) is 0.0141. The highest BCUT2D eigenvalue weighted by Crippen LogP contribution is 2.29. The number of aryl methyl sites for hydroxylation is 1. The zero-order valence-corrected chi connectivity index (χ0v) is 19.1. The van der Waals surface area contributed by atoms with Gasteiger partial charge in [0.25, 0.3) is 0 Å². The number of hydrogen-bond acceptors (Lipinski definition) is 4. The molecule has 35 heavy (non-hydrogen) atoms. The standard InChI is InChI=1S/C26H19ClF2N4O2/c27-18-7-5-17(6-8-18)25-23(9-10-24(34)30-14-16-11-19(28)13-20(29)12-16)35-26(32-25)33-15-31-21-3-1-2-4-22(21)33/h1-8,11-13,15H,9-10,14H2,(H,30,34). The average molecular weight is 493 g/mol. The number of oxazole rings is 1. The number of hydrogen-bond donors (Lipinski definition) is 1. The molecule has 5 aromatic rings. The summed E-state index contributed by atoms with van der Waals surface area (Å²) in [5.74, 6) is -1.15. The lowest BCUT2D eigenvalue weighted by Gasteiger charge is -2.06. The van der Waals surface area contributed by atoms with Crippen molar-refractivity contribution in [3.63, 3.8) is 0 Å². The fourth-order valence-electron chi connectivity index (χ4n) is 3.79. The maximum atomic E-state index is 13.4. The van der Waals surface area contributed by atoms with Crippen molar-refractivity contribution in [1.82, 2.24) is 19.9 Å². The lowest BCUT2D eigenvalue weighted by Crippen LogP contribution is -2.23. The maximum absolute atomic E-state index is 13.4. The molecule has 0 spiro atoms. The number of rotatable bonds is 7. The minimum absolute atomic E-state index is 0.0141. The predicted molar refractivity (Wildman–Crippen MR) is 128 cm³/mol. The molecule has 0 fully saturated rings. The van der Waals surface area contributed by atoms with Gasteiger partial charge in [-0.2, -0.15) is 4.98 Å². The van der Waals surface area contributed by atoms with Crippen molar-refractivity contribution in [2.24, 2.45) is 0 Å². The number of amides is 1. The van der Waals surface area contributed by atoms with E-state index in [1.165, 1.54) is 12.1 Å². The maximum Gasteiger partial charge on any atom is 0.308 e.